The molecule has 1 heterocycles. The van der Waals surface area contributed by atoms with Gasteiger partial charge in [0.2, 0.25) is 12.7 Å². The topological polar surface area (TPSA) is 69.2 Å². The minimum absolute atomic E-state index is 0.172. The van der Waals surface area contributed by atoms with Gasteiger partial charge in [-0.25, -0.2) is 5.43 Å². The summed E-state index contributed by atoms with van der Waals surface area (Å²) in [6.07, 6.45) is 1.69. The van der Waals surface area contributed by atoms with E-state index in [0.717, 1.165) is 11.3 Å². The van der Waals surface area contributed by atoms with E-state index in [2.05, 4.69) is 10.5 Å². The van der Waals surface area contributed by atoms with Crippen LogP contribution in [-0.2, 0) is 11.2 Å². The lowest BCUT2D eigenvalue weighted by Gasteiger charge is -2.04. The summed E-state index contributed by atoms with van der Waals surface area (Å²) < 4.78 is 15.9. The molecule has 0 atom stereocenters. The van der Waals surface area contributed by atoms with Crippen molar-refractivity contribution in [2.45, 2.75) is 13.3 Å². The van der Waals surface area contributed by atoms with E-state index < -0.39 is 0 Å². The average molecular weight is 361 g/mol. The summed E-state index contributed by atoms with van der Waals surface area (Å²) in [6, 6.07) is 10.7. The number of nitrogens with zero attached hydrogens (tertiary/aromatic N) is 1. The molecule has 2 aromatic rings. The van der Waals surface area contributed by atoms with Crippen molar-refractivity contribution < 1.29 is 19.0 Å². The van der Waals surface area contributed by atoms with Crippen LogP contribution in [0.5, 0.6) is 17.2 Å². The van der Waals surface area contributed by atoms with E-state index in [4.69, 9.17) is 25.8 Å². The van der Waals surface area contributed by atoms with Crippen LogP contribution in [0.3, 0.4) is 0 Å². The van der Waals surface area contributed by atoms with E-state index in [1.54, 1.807) is 12.1 Å². The van der Waals surface area contributed by atoms with Crippen LogP contribution in [0, 0.1) is 0 Å². The fraction of sp³-hybridized carbons (Fsp3) is 0.222. The Balaban J connectivity index is 1.56. The molecule has 0 radical (unpaired) electrons. The minimum Gasteiger partial charge on any atom is -0.494 e. The van der Waals surface area contributed by atoms with Crippen molar-refractivity contribution in [1.29, 1.82) is 0 Å². The fourth-order valence-electron chi connectivity index (χ4n) is 2.30. The molecule has 0 fully saturated rings. The highest BCUT2D eigenvalue weighted by atomic mass is 35.5. The summed E-state index contributed by atoms with van der Waals surface area (Å²) in [5, 5.41) is 4.41. The Hall–Kier alpha value is -2.73. The van der Waals surface area contributed by atoms with Gasteiger partial charge in [-0.15, -0.1) is 0 Å². The van der Waals surface area contributed by atoms with Crippen LogP contribution in [0.4, 0.5) is 0 Å². The van der Waals surface area contributed by atoms with Crippen molar-refractivity contribution >= 4 is 23.7 Å². The van der Waals surface area contributed by atoms with Crippen molar-refractivity contribution in [3.05, 3.63) is 52.5 Å². The number of amides is 1. The van der Waals surface area contributed by atoms with Gasteiger partial charge in [0.15, 0.2) is 11.5 Å². The van der Waals surface area contributed by atoms with E-state index in [0.29, 0.717) is 28.7 Å². The highest BCUT2D eigenvalue weighted by Gasteiger charge is 2.15. The molecule has 130 valence electrons. The molecule has 1 aliphatic rings. The Kier molecular flexibility index (Phi) is 5.40. The lowest BCUT2D eigenvalue weighted by Crippen LogP contribution is -2.19. The predicted molar refractivity (Wildman–Crippen MR) is 94.6 cm³/mol. The van der Waals surface area contributed by atoms with Gasteiger partial charge in [0.25, 0.3) is 0 Å². The third kappa shape index (κ3) is 4.42. The van der Waals surface area contributed by atoms with E-state index in [1.165, 1.54) is 6.21 Å². The maximum Gasteiger partial charge on any atom is 0.244 e. The first-order chi connectivity index (χ1) is 12.2. The van der Waals surface area contributed by atoms with Crippen molar-refractivity contribution in [1.82, 2.24) is 5.43 Å². The zero-order valence-corrected chi connectivity index (χ0v) is 14.4. The second-order valence-electron chi connectivity index (χ2n) is 5.27. The van der Waals surface area contributed by atoms with Crippen LogP contribution in [0.2, 0.25) is 5.02 Å². The van der Waals surface area contributed by atoms with Crippen molar-refractivity contribution in [3.63, 3.8) is 0 Å². The van der Waals surface area contributed by atoms with E-state index >= 15 is 0 Å². The van der Waals surface area contributed by atoms with Gasteiger partial charge in [-0.05, 0) is 30.7 Å². The zero-order chi connectivity index (χ0) is 17.6. The van der Waals surface area contributed by atoms with Gasteiger partial charge in [0.1, 0.15) is 5.75 Å². The van der Waals surface area contributed by atoms with Gasteiger partial charge >= 0.3 is 0 Å². The minimum atomic E-state index is -0.225. The average Bonchev–Trinajstić information content (AvgIpc) is 3.04. The Labute approximate surface area is 150 Å². The summed E-state index contributed by atoms with van der Waals surface area (Å²) >= 11 is 6.14. The number of ether oxygens (including phenoxy) is 3. The number of nitrogens with one attached hydrogen (secondary N) is 1. The van der Waals surface area contributed by atoms with Crippen LogP contribution in [0.15, 0.2) is 41.5 Å². The number of carbonyl (C=O) groups excluding carboxylic acids is 1. The third-order valence-corrected chi connectivity index (χ3v) is 3.81. The molecule has 0 spiro atoms. The number of carbonyl (C=O) groups is 1. The lowest BCUT2D eigenvalue weighted by atomic mass is 10.1. The molecule has 6 nitrogen and oxygen atoms in total. The van der Waals surface area contributed by atoms with E-state index in [1.807, 2.05) is 31.2 Å². The molecular formula is C18H17ClN2O4. The number of hydrazone groups is 1. The van der Waals surface area contributed by atoms with Gasteiger partial charge in [0.05, 0.1) is 24.3 Å². The van der Waals surface area contributed by atoms with Crippen molar-refractivity contribution in [3.8, 4) is 17.2 Å². The van der Waals surface area contributed by atoms with Crippen LogP contribution < -0.4 is 19.6 Å². The number of hydrogen-bond acceptors (Lipinski definition) is 5. The monoisotopic (exact) mass is 360 g/mol. The fourth-order valence-corrected chi connectivity index (χ4v) is 2.50. The van der Waals surface area contributed by atoms with Gasteiger partial charge < -0.3 is 14.2 Å². The molecule has 3 rings (SSSR count). The third-order valence-electron chi connectivity index (χ3n) is 3.48. The largest absolute Gasteiger partial charge is 0.494 e. The normalized spacial score (nSPS) is 12.4. The number of fused-ring (bicyclic) bond motifs is 1. The first-order valence-electron chi connectivity index (χ1n) is 7.78. The van der Waals surface area contributed by atoms with Crippen LogP contribution in [0.25, 0.3) is 0 Å². The standard InChI is InChI=1S/C18H17ClN2O4/c1-2-23-14-5-3-12(4-6-14)7-18(22)21-20-10-13-8-16-17(9-15(13)19)25-11-24-16/h3-6,8-10H,2,7,11H2,1H3,(H,21,22)/b20-10-. The second-order valence-corrected chi connectivity index (χ2v) is 5.68. The maximum absolute atomic E-state index is 12.0. The molecule has 0 aliphatic carbocycles. The molecule has 25 heavy (non-hydrogen) atoms. The Morgan fingerprint density at radius 3 is 2.72 bits per heavy atom. The SMILES string of the molecule is CCOc1ccc(CC(=O)N/N=C\c2cc3c(cc2Cl)OCO3)cc1. The summed E-state index contributed by atoms with van der Waals surface area (Å²) in [4.78, 5) is 12.0. The molecule has 0 bridgehead atoms. The second kappa shape index (κ2) is 7.90. The molecule has 0 saturated carbocycles. The molecule has 1 aliphatic heterocycles. The first-order valence-corrected chi connectivity index (χ1v) is 8.16. The predicted octanol–water partition coefficient (Wildman–Crippen LogP) is 3.16. The van der Waals surface area contributed by atoms with Gasteiger partial charge in [-0.1, -0.05) is 23.7 Å². The first kappa shape index (κ1) is 17.1. The Bertz CT molecular complexity index is 790. The number of hydrogen-bond donors (Lipinski definition) is 1. The van der Waals surface area contributed by atoms with Crippen LogP contribution in [-0.4, -0.2) is 25.5 Å². The van der Waals surface area contributed by atoms with Crippen molar-refractivity contribution in [2.24, 2.45) is 5.10 Å². The molecule has 0 unspecified atom stereocenters. The Morgan fingerprint density at radius 1 is 1.28 bits per heavy atom. The maximum atomic E-state index is 12.0. The van der Waals surface area contributed by atoms with E-state index in [-0.39, 0.29) is 19.1 Å². The van der Waals surface area contributed by atoms with E-state index in [9.17, 15) is 4.79 Å². The van der Waals surface area contributed by atoms with Gasteiger partial charge in [-0.3, -0.25) is 4.79 Å². The number of rotatable bonds is 6. The lowest BCUT2D eigenvalue weighted by molar-refractivity contribution is -0.120. The van der Waals surface area contributed by atoms with Crippen molar-refractivity contribution in [2.75, 3.05) is 13.4 Å². The van der Waals surface area contributed by atoms with Gasteiger partial charge in [0, 0.05) is 11.6 Å². The summed E-state index contributed by atoms with van der Waals surface area (Å²) in [7, 11) is 0. The molecule has 0 aromatic heterocycles. The summed E-state index contributed by atoms with van der Waals surface area (Å²) in [6.45, 7) is 2.70. The smallest absolute Gasteiger partial charge is 0.244 e. The molecule has 7 heteroatoms. The summed E-state index contributed by atoms with van der Waals surface area (Å²) in [5.41, 5.74) is 3.99. The van der Waals surface area contributed by atoms with Crippen LogP contribution >= 0.6 is 11.6 Å². The van der Waals surface area contributed by atoms with Gasteiger partial charge in [-0.2, -0.15) is 5.10 Å². The molecule has 1 N–H and O–H groups in total. The Morgan fingerprint density at radius 2 is 2.00 bits per heavy atom. The number of halogens is 1. The molecule has 2 aromatic carbocycles. The molecule has 0 saturated heterocycles. The zero-order valence-electron chi connectivity index (χ0n) is 13.6. The van der Waals surface area contributed by atoms with Crippen LogP contribution in [0.1, 0.15) is 18.1 Å². The summed E-state index contributed by atoms with van der Waals surface area (Å²) in [5.74, 6) is 1.76. The highest BCUT2D eigenvalue weighted by Crippen LogP contribution is 2.36. The number of benzene rings is 2. The molecule has 1 amide bonds. The quantitative estimate of drug-likeness (QED) is 0.634. The molecular weight excluding hydrogens is 344 g/mol. The highest BCUT2D eigenvalue weighted by molar-refractivity contribution is 6.33.